The quantitative estimate of drug-likeness (QED) is 0.308. The van der Waals surface area contributed by atoms with Crippen molar-refractivity contribution in [2.45, 2.75) is 0 Å². The summed E-state index contributed by atoms with van der Waals surface area (Å²) in [5, 5.41) is 4.65. The molecule has 0 spiro atoms. The third kappa shape index (κ3) is 3.77. The number of para-hydroxylation sites is 2. The molecule has 0 radical (unpaired) electrons. The van der Waals surface area contributed by atoms with E-state index >= 15 is 0 Å². The Balaban J connectivity index is 1.36. The van der Waals surface area contributed by atoms with Crippen molar-refractivity contribution in [2.24, 2.45) is 0 Å². The lowest BCUT2D eigenvalue weighted by molar-refractivity contribution is 0.102. The standard InChI is InChI=1S/C29H18N6O2/c36-27(35-29-33-24-5-1-2-6-25(24)34-29)21-16-26(28-31-12-13-37-28)32-23-10-8-18(15-20(21)23)17-7-9-22-19(14-17)4-3-11-30-22/h1-16H,(H2,33,34,35,36). The van der Waals surface area contributed by atoms with Crippen molar-refractivity contribution in [1.82, 2.24) is 24.9 Å². The van der Waals surface area contributed by atoms with Crippen LogP contribution in [0.5, 0.6) is 0 Å². The fourth-order valence-corrected chi connectivity index (χ4v) is 4.49. The van der Waals surface area contributed by atoms with Gasteiger partial charge in [0, 0.05) is 17.0 Å². The maximum Gasteiger partial charge on any atom is 0.258 e. The molecule has 2 N–H and O–H groups in total. The van der Waals surface area contributed by atoms with Gasteiger partial charge in [-0.1, -0.05) is 30.3 Å². The largest absolute Gasteiger partial charge is 0.443 e. The van der Waals surface area contributed by atoms with Crippen LogP contribution in [0.3, 0.4) is 0 Å². The van der Waals surface area contributed by atoms with Crippen LogP contribution < -0.4 is 5.32 Å². The fraction of sp³-hybridized carbons (Fsp3) is 0. The highest BCUT2D eigenvalue weighted by atomic mass is 16.3. The number of aromatic amines is 1. The molecule has 0 bridgehead atoms. The van der Waals surface area contributed by atoms with Gasteiger partial charge in [-0.3, -0.25) is 15.1 Å². The number of hydrogen-bond acceptors (Lipinski definition) is 6. The second kappa shape index (κ2) is 8.39. The lowest BCUT2D eigenvalue weighted by atomic mass is 9.98. The van der Waals surface area contributed by atoms with Gasteiger partial charge in [-0.2, -0.15) is 0 Å². The number of rotatable bonds is 4. The summed E-state index contributed by atoms with van der Waals surface area (Å²) in [6.07, 6.45) is 4.81. The van der Waals surface area contributed by atoms with E-state index in [0.29, 0.717) is 34.0 Å². The second-order valence-corrected chi connectivity index (χ2v) is 8.59. The van der Waals surface area contributed by atoms with Crippen LogP contribution in [0.2, 0.25) is 0 Å². The van der Waals surface area contributed by atoms with Gasteiger partial charge in [0.2, 0.25) is 11.8 Å². The Morgan fingerprint density at radius 2 is 1.65 bits per heavy atom. The van der Waals surface area contributed by atoms with E-state index in [0.717, 1.165) is 33.1 Å². The number of H-pyrrole nitrogens is 1. The highest BCUT2D eigenvalue weighted by molar-refractivity contribution is 6.13. The number of amides is 1. The van der Waals surface area contributed by atoms with E-state index in [1.807, 2.05) is 66.7 Å². The highest BCUT2D eigenvalue weighted by Gasteiger charge is 2.18. The molecule has 0 aliphatic rings. The summed E-state index contributed by atoms with van der Waals surface area (Å²) < 4.78 is 5.47. The molecule has 0 saturated carbocycles. The van der Waals surface area contributed by atoms with Gasteiger partial charge in [-0.15, -0.1) is 0 Å². The number of benzene rings is 3. The Bertz CT molecular complexity index is 1910. The zero-order valence-corrected chi connectivity index (χ0v) is 19.3. The van der Waals surface area contributed by atoms with Gasteiger partial charge < -0.3 is 9.40 Å². The minimum atomic E-state index is -0.320. The zero-order valence-electron chi connectivity index (χ0n) is 19.3. The maximum atomic E-state index is 13.6. The molecule has 1 amide bonds. The van der Waals surface area contributed by atoms with E-state index in [9.17, 15) is 4.79 Å². The van der Waals surface area contributed by atoms with Crippen molar-refractivity contribution in [3.05, 3.63) is 103 Å². The van der Waals surface area contributed by atoms with Crippen molar-refractivity contribution in [3.8, 4) is 22.7 Å². The number of nitrogens with one attached hydrogen (secondary N) is 2. The van der Waals surface area contributed by atoms with Gasteiger partial charge in [0.05, 0.1) is 33.8 Å². The van der Waals surface area contributed by atoms with Gasteiger partial charge in [-0.25, -0.2) is 15.0 Å². The predicted molar refractivity (Wildman–Crippen MR) is 142 cm³/mol. The average molecular weight is 483 g/mol. The summed E-state index contributed by atoms with van der Waals surface area (Å²) in [5.41, 5.74) is 6.06. The predicted octanol–water partition coefficient (Wildman–Crippen LogP) is 6.23. The van der Waals surface area contributed by atoms with Crippen molar-refractivity contribution in [2.75, 3.05) is 5.32 Å². The number of carbonyl (C=O) groups is 1. The summed E-state index contributed by atoms with van der Waals surface area (Å²) in [6.45, 7) is 0. The molecule has 8 heteroatoms. The Kier molecular flexibility index (Phi) is 4.75. The number of anilines is 1. The number of imidazole rings is 1. The van der Waals surface area contributed by atoms with Gasteiger partial charge in [0.15, 0.2) is 0 Å². The summed E-state index contributed by atoms with van der Waals surface area (Å²) in [6, 6.07) is 25.2. The molecule has 7 rings (SSSR count). The second-order valence-electron chi connectivity index (χ2n) is 8.59. The van der Waals surface area contributed by atoms with E-state index in [-0.39, 0.29) is 5.91 Å². The van der Waals surface area contributed by atoms with Crippen LogP contribution in [-0.4, -0.2) is 30.8 Å². The third-order valence-corrected chi connectivity index (χ3v) is 6.26. The molecule has 4 heterocycles. The number of hydrogen-bond donors (Lipinski definition) is 2. The third-order valence-electron chi connectivity index (χ3n) is 6.26. The summed E-state index contributed by atoms with van der Waals surface area (Å²) >= 11 is 0. The molecule has 3 aromatic carbocycles. The van der Waals surface area contributed by atoms with Gasteiger partial charge >= 0.3 is 0 Å². The van der Waals surface area contributed by atoms with Crippen molar-refractivity contribution in [3.63, 3.8) is 0 Å². The van der Waals surface area contributed by atoms with Crippen LogP contribution in [0, 0.1) is 0 Å². The fourth-order valence-electron chi connectivity index (χ4n) is 4.49. The number of oxazole rings is 1. The van der Waals surface area contributed by atoms with Crippen LogP contribution in [0.1, 0.15) is 10.4 Å². The van der Waals surface area contributed by atoms with E-state index in [4.69, 9.17) is 9.40 Å². The minimum absolute atomic E-state index is 0.320. The zero-order chi connectivity index (χ0) is 24.8. The first-order valence-corrected chi connectivity index (χ1v) is 11.7. The topological polar surface area (TPSA) is 110 Å². The summed E-state index contributed by atoms with van der Waals surface area (Å²) in [5.74, 6) is 0.386. The molecule has 7 aromatic rings. The summed E-state index contributed by atoms with van der Waals surface area (Å²) in [4.78, 5) is 34.6. The molecule has 0 aliphatic carbocycles. The monoisotopic (exact) mass is 482 g/mol. The van der Waals surface area contributed by atoms with Crippen molar-refractivity contribution < 1.29 is 9.21 Å². The summed E-state index contributed by atoms with van der Waals surface area (Å²) in [7, 11) is 0. The number of carbonyl (C=O) groups excluding carboxylic acids is 1. The minimum Gasteiger partial charge on any atom is -0.443 e. The smallest absolute Gasteiger partial charge is 0.258 e. The Morgan fingerprint density at radius 1 is 0.784 bits per heavy atom. The first-order chi connectivity index (χ1) is 18.2. The lowest BCUT2D eigenvalue weighted by Gasteiger charge is -2.11. The SMILES string of the molecule is O=C(Nc1nc2ccccc2[nH]1)c1cc(-c2ncco2)nc2ccc(-c3ccc4ncccc4c3)cc12. The van der Waals surface area contributed by atoms with Crippen LogP contribution in [-0.2, 0) is 0 Å². The molecule has 4 aromatic heterocycles. The normalized spacial score (nSPS) is 11.4. The van der Waals surface area contributed by atoms with E-state index in [2.05, 4.69) is 31.3 Å². The van der Waals surface area contributed by atoms with Gasteiger partial charge in [0.1, 0.15) is 12.0 Å². The van der Waals surface area contributed by atoms with Crippen LogP contribution in [0.4, 0.5) is 5.95 Å². The molecule has 8 nitrogen and oxygen atoms in total. The van der Waals surface area contributed by atoms with Gasteiger partial charge in [-0.05, 0) is 59.7 Å². The van der Waals surface area contributed by atoms with Crippen molar-refractivity contribution in [1.29, 1.82) is 0 Å². The molecule has 176 valence electrons. The average Bonchev–Trinajstić information content (AvgIpc) is 3.62. The Hall–Kier alpha value is -5.37. The molecular formula is C29H18N6O2. The molecule has 0 atom stereocenters. The van der Waals surface area contributed by atoms with Gasteiger partial charge in [0.25, 0.3) is 5.91 Å². The van der Waals surface area contributed by atoms with Crippen LogP contribution in [0.15, 0.2) is 102 Å². The first kappa shape index (κ1) is 21.0. The van der Waals surface area contributed by atoms with Crippen LogP contribution >= 0.6 is 0 Å². The van der Waals surface area contributed by atoms with E-state index in [1.165, 1.54) is 6.26 Å². The highest BCUT2D eigenvalue weighted by Crippen LogP contribution is 2.30. The lowest BCUT2D eigenvalue weighted by Crippen LogP contribution is -2.14. The van der Waals surface area contributed by atoms with E-state index < -0.39 is 0 Å². The molecule has 0 saturated heterocycles. The van der Waals surface area contributed by atoms with E-state index in [1.54, 1.807) is 18.5 Å². The number of pyridine rings is 2. The number of aromatic nitrogens is 5. The molecule has 37 heavy (non-hydrogen) atoms. The number of nitrogens with zero attached hydrogens (tertiary/aromatic N) is 4. The Labute approximate surface area is 210 Å². The molecular weight excluding hydrogens is 464 g/mol. The first-order valence-electron chi connectivity index (χ1n) is 11.7. The molecule has 0 fully saturated rings. The molecule has 0 aliphatic heterocycles. The Morgan fingerprint density at radius 3 is 2.51 bits per heavy atom. The maximum absolute atomic E-state index is 13.6. The van der Waals surface area contributed by atoms with Crippen LogP contribution in [0.25, 0.3) is 55.6 Å². The number of fused-ring (bicyclic) bond motifs is 3. The van der Waals surface area contributed by atoms with Crippen molar-refractivity contribution >= 4 is 44.7 Å². The molecule has 0 unspecified atom stereocenters.